The van der Waals surface area contributed by atoms with Crippen LogP contribution in [-0.2, 0) is 6.42 Å². The maximum Gasteiger partial charge on any atom is 0.0345 e. The molecule has 1 unspecified atom stereocenters. The highest BCUT2D eigenvalue weighted by Crippen LogP contribution is 2.46. The Bertz CT molecular complexity index is 636. The van der Waals surface area contributed by atoms with E-state index in [9.17, 15) is 0 Å². The van der Waals surface area contributed by atoms with E-state index in [0.717, 1.165) is 6.42 Å². The predicted octanol–water partition coefficient (Wildman–Crippen LogP) is 4.08. The molecule has 0 spiro atoms. The van der Waals surface area contributed by atoms with E-state index in [2.05, 4.69) is 55.5 Å². The van der Waals surface area contributed by atoms with Crippen molar-refractivity contribution in [2.75, 3.05) is 0 Å². The minimum absolute atomic E-state index is 0.503. The Morgan fingerprint density at radius 3 is 2.94 bits per heavy atom. The Balaban J connectivity index is 2.09. The van der Waals surface area contributed by atoms with Gasteiger partial charge in [-0.15, -0.1) is 0 Å². The summed E-state index contributed by atoms with van der Waals surface area (Å²) < 4.78 is 0. The number of rotatable bonds is 0. The molecule has 0 saturated heterocycles. The van der Waals surface area contributed by atoms with Crippen LogP contribution in [0.1, 0.15) is 28.2 Å². The van der Waals surface area contributed by atoms with Crippen LogP contribution in [0.4, 0.5) is 0 Å². The molecule has 0 fully saturated rings. The average Bonchev–Trinajstić information content (AvgIpc) is 2.38. The molecular weight excluding hydrogens is 204 g/mol. The Hall–Kier alpha value is -1.82. The quantitative estimate of drug-likeness (QED) is 0.615. The van der Waals surface area contributed by atoms with Crippen molar-refractivity contribution in [2.24, 2.45) is 0 Å². The van der Waals surface area contributed by atoms with E-state index in [1.165, 1.54) is 22.3 Å². The molecule has 0 radical (unpaired) electrons. The van der Waals surface area contributed by atoms with Crippen molar-refractivity contribution < 1.29 is 0 Å². The van der Waals surface area contributed by atoms with Gasteiger partial charge in [0.15, 0.2) is 0 Å². The van der Waals surface area contributed by atoms with Gasteiger partial charge < -0.3 is 0 Å². The lowest BCUT2D eigenvalue weighted by Gasteiger charge is -2.33. The molecule has 0 aliphatic heterocycles. The summed E-state index contributed by atoms with van der Waals surface area (Å²) in [5, 5.41) is 0. The molecule has 0 saturated carbocycles. The van der Waals surface area contributed by atoms with E-state index in [0.29, 0.717) is 5.92 Å². The summed E-state index contributed by atoms with van der Waals surface area (Å²) in [5.41, 5.74) is 8.86. The van der Waals surface area contributed by atoms with Crippen LogP contribution < -0.4 is 0 Å². The van der Waals surface area contributed by atoms with Crippen LogP contribution in [0.5, 0.6) is 0 Å². The first-order valence-corrected chi connectivity index (χ1v) is 6.23. The molecule has 0 heterocycles. The van der Waals surface area contributed by atoms with Gasteiger partial charge in [0.1, 0.15) is 0 Å². The van der Waals surface area contributed by atoms with Gasteiger partial charge in [-0.3, -0.25) is 0 Å². The maximum atomic E-state index is 2.40. The lowest BCUT2D eigenvalue weighted by atomic mass is 9.70. The molecular formula is C17H14. The van der Waals surface area contributed by atoms with E-state index >= 15 is 0 Å². The highest BCUT2D eigenvalue weighted by molar-refractivity contribution is 5.72. The number of hydrogen-bond donors (Lipinski definition) is 0. The minimum atomic E-state index is 0.503. The molecule has 0 amide bonds. The van der Waals surface area contributed by atoms with Gasteiger partial charge in [-0.1, -0.05) is 48.6 Å². The van der Waals surface area contributed by atoms with Crippen LogP contribution in [-0.4, -0.2) is 0 Å². The lowest BCUT2D eigenvalue weighted by molar-refractivity contribution is 0.885. The van der Waals surface area contributed by atoms with Crippen LogP contribution in [0.15, 0.2) is 53.7 Å². The number of benzene rings is 1. The topological polar surface area (TPSA) is 0 Å². The summed E-state index contributed by atoms with van der Waals surface area (Å²) in [6.07, 6.45) is 14.7. The third-order valence-electron chi connectivity index (χ3n) is 4.15. The van der Waals surface area contributed by atoms with Gasteiger partial charge >= 0.3 is 0 Å². The van der Waals surface area contributed by atoms with Crippen molar-refractivity contribution in [1.82, 2.24) is 0 Å². The van der Waals surface area contributed by atoms with Crippen LogP contribution in [0.25, 0.3) is 6.08 Å². The van der Waals surface area contributed by atoms with Crippen molar-refractivity contribution in [2.45, 2.75) is 19.3 Å². The zero-order chi connectivity index (χ0) is 11.4. The molecule has 1 aromatic rings. The Morgan fingerprint density at radius 2 is 2.00 bits per heavy atom. The first kappa shape index (κ1) is 9.23. The second-order valence-electron chi connectivity index (χ2n) is 5.06. The van der Waals surface area contributed by atoms with Crippen LogP contribution in [0.3, 0.4) is 0 Å². The third kappa shape index (κ3) is 1.13. The van der Waals surface area contributed by atoms with Gasteiger partial charge in [0, 0.05) is 5.92 Å². The molecule has 1 atom stereocenters. The molecule has 1 aromatic carbocycles. The van der Waals surface area contributed by atoms with Crippen molar-refractivity contribution >= 4 is 6.08 Å². The van der Waals surface area contributed by atoms with Crippen molar-refractivity contribution in [3.8, 4) is 0 Å². The normalized spacial score (nSPS) is 23.0. The summed E-state index contributed by atoms with van der Waals surface area (Å²) in [4.78, 5) is 0. The second-order valence-corrected chi connectivity index (χ2v) is 5.06. The monoisotopic (exact) mass is 218 g/mol. The SMILES string of the molecule is Cc1ccc2c3c1CC=C1C=CC=C(C=C2)C13. The van der Waals surface area contributed by atoms with Gasteiger partial charge in [0.05, 0.1) is 0 Å². The van der Waals surface area contributed by atoms with Crippen molar-refractivity contribution in [3.05, 3.63) is 75.9 Å². The zero-order valence-corrected chi connectivity index (χ0v) is 9.90. The number of allylic oxidation sites excluding steroid dienone is 7. The highest BCUT2D eigenvalue weighted by Gasteiger charge is 2.30. The molecule has 82 valence electrons. The predicted molar refractivity (Wildman–Crippen MR) is 72.0 cm³/mol. The summed E-state index contributed by atoms with van der Waals surface area (Å²) in [6, 6.07) is 4.52. The standard InChI is InChI=1S/C17H14/c1-11-5-6-14-8-7-12-3-2-4-13-9-10-15(11)17(14)16(12)13/h2-9,16H,10H2,1H3. The van der Waals surface area contributed by atoms with Crippen molar-refractivity contribution in [3.63, 3.8) is 0 Å². The fraction of sp³-hybridized carbons (Fsp3) is 0.176. The highest BCUT2D eigenvalue weighted by atomic mass is 14.3. The summed E-state index contributed by atoms with van der Waals surface area (Å²) in [6.45, 7) is 2.23. The van der Waals surface area contributed by atoms with Crippen LogP contribution in [0.2, 0.25) is 0 Å². The Morgan fingerprint density at radius 1 is 1.06 bits per heavy atom. The number of aryl methyl sites for hydroxylation is 1. The number of hydrogen-bond acceptors (Lipinski definition) is 0. The molecule has 3 aliphatic rings. The summed E-state index contributed by atoms with van der Waals surface area (Å²) in [7, 11) is 0. The lowest BCUT2D eigenvalue weighted by Crippen LogP contribution is -2.18. The first-order valence-electron chi connectivity index (χ1n) is 6.23. The molecule has 0 N–H and O–H groups in total. The molecule has 4 rings (SSSR count). The fourth-order valence-corrected chi connectivity index (χ4v) is 3.28. The van der Waals surface area contributed by atoms with E-state index in [1.54, 1.807) is 11.1 Å². The third-order valence-corrected chi connectivity index (χ3v) is 4.15. The van der Waals surface area contributed by atoms with Gasteiger partial charge in [-0.2, -0.15) is 0 Å². The van der Waals surface area contributed by atoms with Gasteiger partial charge in [-0.05, 0) is 46.7 Å². The van der Waals surface area contributed by atoms with E-state index in [-0.39, 0.29) is 0 Å². The van der Waals surface area contributed by atoms with E-state index < -0.39 is 0 Å². The zero-order valence-electron chi connectivity index (χ0n) is 9.90. The molecule has 0 nitrogen and oxygen atoms in total. The van der Waals surface area contributed by atoms with Gasteiger partial charge in [0.25, 0.3) is 0 Å². The molecule has 0 heteroatoms. The average molecular weight is 218 g/mol. The van der Waals surface area contributed by atoms with Gasteiger partial charge in [0.2, 0.25) is 0 Å². The first-order chi connectivity index (χ1) is 8.34. The van der Waals surface area contributed by atoms with Crippen molar-refractivity contribution in [1.29, 1.82) is 0 Å². The van der Waals surface area contributed by atoms with E-state index in [1.807, 2.05) is 0 Å². The van der Waals surface area contributed by atoms with Crippen LogP contribution >= 0.6 is 0 Å². The van der Waals surface area contributed by atoms with Gasteiger partial charge in [-0.25, -0.2) is 0 Å². The molecule has 0 aromatic heterocycles. The molecule has 17 heavy (non-hydrogen) atoms. The summed E-state index contributed by atoms with van der Waals surface area (Å²) in [5.74, 6) is 0.503. The fourth-order valence-electron chi connectivity index (χ4n) is 3.28. The van der Waals surface area contributed by atoms with Crippen LogP contribution in [0, 0.1) is 6.92 Å². The minimum Gasteiger partial charge on any atom is -0.0759 e. The second kappa shape index (κ2) is 3.10. The van der Waals surface area contributed by atoms with E-state index in [4.69, 9.17) is 0 Å². The Labute approximate surface area is 102 Å². The molecule has 0 bridgehead atoms. The largest absolute Gasteiger partial charge is 0.0759 e. The molecule has 3 aliphatic carbocycles. The Kier molecular flexibility index (Phi) is 1.69. The smallest absolute Gasteiger partial charge is 0.0345 e. The maximum absolute atomic E-state index is 2.40. The summed E-state index contributed by atoms with van der Waals surface area (Å²) >= 11 is 0.